The normalized spacial score (nSPS) is 10.7. The molecule has 29 heavy (non-hydrogen) atoms. The van der Waals surface area contributed by atoms with Crippen LogP contribution >= 0.6 is 0 Å². The van der Waals surface area contributed by atoms with Crippen molar-refractivity contribution in [2.24, 2.45) is 0 Å². The summed E-state index contributed by atoms with van der Waals surface area (Å²) in [5, 5.41) is 2.53. The number of carbonyl (C=O) groups is 1. The highest BCUT2D eigenvalue weighted by atomic mass is 19.1. The highest BCUT2D eigenvalue weighted by molar-refractivity contribution is 6.05. The average Bonchev–Trinajstić information content (AvgIpc) is 3.35. The van der Waals surface area contributed by atoms with Crippen molar-refractivity contribution in [2.75, 3.05) is 12.4 Å². The van der Waals surface area contributed by atoms with Crippen LogP contribution in [0.1, 0.15) is 16.4 Å². The van der Waals surface area contributed by atoms with Gasteiger partial charge in [-0.3, -0.25) is 15.1 Å². The minimum atomic E-state index is -0.600. The molecular weight excluding hydrogens is 379 g/mol. The molecule has 0 aliphatic carbocycles. The highest BCUT2D eigenvalue weighted by Gasteiger charge is 2.22. The zero-order chi connectivity index (χ0) is 20.4. The summed E-state index contributed by atoms with van der Waals surface area (Å²) >= 11 is 0. The second kappa shape index (κ2) is 7.55. The number of ether oxygens (including phenoxy) is 1. The number of hydrogen-bond donors (Lipinski definition) is 1. The molecule has 0 spiro atoms. The molecule has 146 valence electrons. The molecule has 0 aliphatic heterocycles. The Kier molecular flexibility index (Phi) is 4.78. The first-order valence-corrected chi connectivity index (χ1v) is 8.54. The van der Waals surface area contributed by atoms with E-state index in [0.717, 1.165) is 0 Å². The molecule has 9 heteroatoms. The van der Waals surface area contributed by atoms with Crippen LogP contribution in [0.25, 0.3) is 22.6 Å². The summed E-state index contributed by atoms with van der Waals surface area (Å²) in [6.07, 6.45) is 2.94. The Labute approximate surface area is 164 Å². The van der Waals surface area contributed by atoms with Gasteiger partial charge in [-0.25, -0.2) is 9.37 Å². The molecule has 3 aromatic heterocycles. The lowest BCUT2D eigenvalue weighted by Gasteiger charge is -2.01. The van der Waals surface area contributed by atoms with Crippen LogP contribution in [0, 0.1) is 12.7 Å². The van der Waals surface area contributed by atoms with Gasteiger partial charge in [-0.2, -0.15) is 4.98 Å². The van der Waals surface area contributed by atoms with E-state index in [1.54, 1.807) is 32.4 Å². The van der Waals surface area contributed by atoms with E-state index < -0.39 is 11.7 Å². The Balaban J connectivity index is 1.58. The van der Waals surface area contributed by atoms with E-state index in [2.05, 4.69) is 20.3 Å². The van der Waals surface area contributed by atoms with Gasteiger partial charge in [-0.1, -0.05) is 0 Å². The zero-order valence-electron chi connectivity index (χ0n) is 15.5. The third kappa shape index (κ3) is 3.84. The Morgan fingerprint density at radius 2 is 1.93 bits per heavy atom. The highest BCUT2D eigenvalue weighted by Crippen LogP contribution is 2.26. The second-order valence-corrected chi connectivity index (χ2v) is 5.99. The number of nitrogens with zero attached hydrogens (tertiary/aromatic N) is 3. The molecular formula is C20H15FN4O4. The number of benzene rings is 1. The molecule has 3 heterocycles. The largest absolute Gasteiger partial charge is 0.497 e. The Hall–Kier alpha value is -4.01. The predicted octanol–water partition coefficient (Wildman–Crippen LogP) is 4.10. The number of amides is 1. The van der Waals surface area contributed by atoms with E-state index in [0.29, 0.717) is 34.3 Å². The predicted molar refractivity (Wildman–Crippen MR) is 101 cm³/mol. The Bertz CT molecular complexity index is 1170. The number of oxazole rings is 2. The first kappa shape index (κ1) is 18.4. The van der Waals surface area contributed by atoms with Gasteiger partial charge in [0.1, 0.15) is 29.2 Å². The summed E-state index contributed by atoms with van der Waals surface area (Å²) in [5.41, 5.74) is 1.78. The Morgan fingerprint density at radius 1 is 1.14 bits per heavy atom. The molecule has 0 aliphatic rings. The zero-order valence-corrected chi connectivity index (χ0v) is 15.5. The van der Waals surface area contributed by atoms with Crippen molar-refractivity contribution < 1.29 is 22.8 Å². The first-order chi connectivity index (χ1) is 14.0. The lowest BCUT2D eigenvalue weighted by atomic mass is 10.1. The third-order valence-electron chi connectivity index (χ3n) is 4.01. The van der Waals surface area contributed by atoms with Crippen LogP contribution in [0.15, 0.2) is 57.7 Å². The molecule has 1 aromatic carbocycles. The van der Waals surface area contributed by atoms with E-state index in [4.69, 9.17) is 13.6 Å². The van der Waals surface area contributed by atoms with Gasteiger partial charge in [0, 0.05) is 24.8 Å². The van der Waals surface area contributed by atoms with Gasteiger partial charge in [-0.05, 0) is 30.3 Å². The minimum Gasteiger partial charge on any atom is -0.497 e. The van der Waals surface area contributed by atoms with Crippen LogP contribution in [0.5, 0.6) is 5.75 Å². The average molecular weight is 394 g/mol. The van der Waals surface area contributed by atoms with Gasteiger partial charge < -0.3 is 13.6 Å². The number of aryl methyl sites for hydroxylation is 1. The fourth-order valence-corrected chi connectivity index (χ4v) is 2.67. The van der Waals surface area contributed by atoms with Crippen LogP contribution < -0.4 is 10.1 Å². The van der Waals surface area contributed by atoms with Crippen molar-refractivity contribution in [1.82, 2.24) is 15.0 Å². The van der Waals surface area contributed by atoms with Gasteiger partial charge in [0.25, 0.3) is 5.91 Å². The topological polar surface area (TPSA) is 103 Å². The quantitative estimate of drug-likeness (QED) is 0.543. The van der Waals surface area contributed by atoms with Crippen molar-refractivity contribution in [2.45, 2.75) is 6.92 Å². The number of pyridine rings is 1. The van der Waals surface area contributed by atoms with Crippen LogP contribution in [-0.4, -0.2) is 28.0 Å². The van der Waals surface area contributed by atoms with Crippen molar-refractivity contribution in [3.05, 3.63) is 66.3 Å². The Morgan fingerprint density at radius 3 is 2.69 bits per heavy atom. The molecule has 0 radical (unpaired) electrons. The maximum atomic E-state index is 13.2. The van der Waals surface area contributed by atoms with Crippen molar-refractivity contribution in [3.8, 4) is 28.4 Å². The minimum absolute atomic E-state index is 0.0336. The molecule has 0 bridgehead atoms. The van der Waals surface area contributed by atoms with E-state index in [1.165, 1.54) is 30.5 Å². The van der Waals surface area contributed by atoms with Crippen LogP contribution in [0.2, 0.25) is 0 Å². The van der Waals surface area contributed by atoms with Crippen molar-refractivity contribution >= 4 is 11.9 Å². The smallest absolute Gasteiger partial charge is 0.302 e. The molecule has 4 rings (SSSR count). The molecule has 0 saturated carbocycles. The molecule has 1 amide bonds. The number of aromatic nitrogens is 3. The van der Waals surface area contributed by atoms with Crippen LogP contribution in [0.4, 0.5) is 10.4 Å². The lowest BCUT2D eigenvalue weighted by Crippen LogP contribution is -2.12. The molecule has 0 unspecified atom stereocenters. The number of hydrogen-bond acceptors (Lipinski definition) is 7. The number of rotatable bonds is 5. The molecule has 0 atom stereocenters. The third-order valence-corrected chi connectivity index (χ3v) is 4.01. The fourth-order valence-electron chi connectivity index (χ4n) is 2.67. The molecule has 0 saturated heterocycles. The van der Waals surface area contributed by atoms with Crippen LogP contribution in [0.3, 0.4) is 0 Å². The monoisotopic (exact) mass is 394 g/mol. The summed E-state index contributed by atoms with van der Waals surface area (Å²) in [4.78, 5) is 25.3. The van der Waals surface area contributed by atoms with Gasteiger partial charge >= 0.3 is 6.01 Å². The summed E-state index contributed by atoms with van der Waals surface area (Å²) in [7, 11) is 1.55. The van der Waals surface area contributed by atoms with Crippen LogP contribution in [-0.2, 0) is 0 Å². The molecule has 1 N–H and O–H groups in total. The van der Waals surface area contributed by atoms with Crippen molar-refractivity contribution in [3.63, 3.8) is 0 Å². The number of methoxy groups -OCH3 is 1. The maximum Gasteiger partial charge on any atom is 0.302 e. The molecule has 0 fully saturated rings. The second-order valence-electron chi connectivity index (χ2n) is 5.99. The number of carbonyl (C=O) groups excluding carboxylic acids is 1. The first-order valence-electron chi connectivity index (χ1n) is 8.54. The number of nitrogens with one attached hydrogen (secondary N) is 1. The van der Waals surface area contributed by atoms with Gasteiger partial charge in [0.15, 0.2) is 5.89 Å². The summed E-state index contributed by atoms with van der Waals surface area (Å²) < 4.78 is 29.1. The standard InChI is InChI=1S/C20H15FN4O4/c1-11-23-17(12-3-5-13(21)6-4-12)18(29-11)19(26)25-20-24-16(10-28-20)15-9-14(27-2)7-8-22-15/h3-10H,1-2H3,(H,24,25,26). The van der Waals surface area contributed by atoms with Gasteiger partial charge in [-0.15, -0.1) is 0 Å². The molecule has 4 aromatic rings. The van der Waals surface area contributed by atoms with Gasteiger partial charge in [0.05, 0.1) is 12.8 Å². The number of anilines is 1. The SMILES string of the molecule is COc1ccnc(-c2coc(NC(=O)c3oc(C)nc3-c3ccc(F)cc3)n2)c1. The maximum absolute atomic E-state index is 13.2. The molecule has 8 nitrogen and oxygen atoms in total. The summed E-state index contributed by atoms with van der Waals surface area (Å²) in [6, 6.07) is 8.95. The fraction of sp³-hybridized carbons (Fsp3) is 0.100. The number of halogens is 1. The van der Waals surface area contributed by atoms with Gasteiger partial charge in [0.2, 0.25) is 5.76 Å². The summed E-state index contributed by atoms with van der Waals surface area (Å²) in [5.74, 6) is -0.114. The van der Waals surface area contributed by atoms with E-state index >= 15 is 0 Å². The van der Waals surface area contributed by atoms with Crippen molar-refractivity contribution in [1.29, 1.82) is 0 Å². The van der Waals surface area contributed by atoms with E-state index in [1.807, 2.05) is 0 Å². The summed E-state index contributed by atoms with van der Waals surface area (Å²) in [6.45, 7) is 1.61. The lowest BCUT2D eigenvalue weighted by molar-refractivity contribution is 0.0993. The van der Waals surface area contributed by atoms with E-state index in [-0.39, 0.29) is 11.8 Å². The van der Waals surface area contributed by atoms with E-state index in [9.17, 15) is 9.18 Å².